The second kappa shape index (κ2) is 4.79. The third-order valence-corrected chi connectivity index (χ3v) is 4.36. The lowest BCUT2D eigenvalue weighted by atomic mass is 9.88. The minimum absolute atomic E-state index is 0.521. The van der Waals surface area contributed by atoms with Gasteiger partial charge in [-0.1, -0.05) is 36.8 Å². The van der Waals surface area contributed by atoms with Gasteiger partial charge < -0.3 is 5.32 Å². The second-order valence-electron chi connectivity index (χ2n) is 5.50. The lowest BCUT2D eigenvalue weighted by Gasteiger charge is -2.46. The Labute approximate surface area is 104 Å². The fourth-order valence-corrected chi connectivity index (χ4v) is 3.02. The molecule has 1 aliphatic heterocycles. The standard InChI is InChI=1S/C15H22N2/c1-12-10-16-15(13-6-3-2-4-7-13)11-17(12)14-8-5-9-14/h2-4,6-7,12,14-16H,5,8-11H2,1H3. The molecular formula is C15H22N2. The Morgan fingerprint density at radius 3 is 2.59 bits per heavy atom. The first kappa shape index (κ1) is 11.2. The Morgan fingerprint density at radius 2 is 1.94 bits per heavy atom. The maximum Gasteiger partial charge on any atom is 0.0450 e. The number of rotatable bonds is 2. The lowest BCUT2D eigenvalue weighted by Crippen LogP contribution is -2.56. The quantitative estimate of drug-likeness (QED) is 0.840. The van der Waals surface area contributed by atoms with Crippen molar-refractivity contribution in [1.29, 1.82) is 0 Å². The molecular weight excluding hydrogens is 208 g/mol. The van der Waals surface area contributed by atoms with E-state index in [9.17, 15) is 0 Å². The minimum Gasteiger partial charge on any atom is -0.307 e. The van der Waals surface area contributed by atoms with E-state index in [1.54, 1.807) is 0 Å². The van der Waals surface area contributed by atoms with E-state index in [1.165, 1.54) is 31.4 Å². The molecule has 1 aliphatic carbocycles. The van der Waals surface area contributed by atoms with E-state index < -0.39 is 0 Å². The van der Waals surface area contributed by atoms with Crippen LogP contribution in [0.5, 0.6) is 0 Å². The molecule has 0 spiro atoms. The Morgan fingerprint density at radius 1 is 1.18 bits per heavy atom. The smallest absolute Gasteiger partial charge is 0.0450 e. The van der Waals surface area contributed by atoms with Crippen LogP contribution in [0.2, 0.25) is 0 Å². The summed E-state index contributed by atoms with van der Waals surface area (Å²) in [6.45, 7) is 4.65. The van der Waals surface area contributed by atoms with Gasteiger partial charge in [-0.15, -0.1) is 0 Å². The highest BCUT2D eigenvalue weighted by atomic mass is 15.3. The van der Waals surface area contributed by atoms with Crippen LogP contribution in [0.1, 0.15) is 37.8 Å². The second-order valence-corrected chi connectivity index (χ2v) is 5.50. The van der Waals surface area contributed by atoms with E-state index in [0.29, 0.717) is 12.1 Å². The molecule has 2 nitrogen and oxygen atoms in total. The van der Waals surface area contributed by atoms with Gasteiger partial charge >= 0.3 is 0 Å². The van der Waals surface area contributed by atoms with Gasteiger partial charge in [0.15, 0.2) is 0 Å². The van der Waals surface area contributed by atoms with Crippen molar-refractivity contribution in [3.8, 4) is 0 Å². The first-order valence-corrected chi connectivity index (χ1v) is 6.88. The SMILES string of the molecule is CC1CNC(c2ccccc2)CN1C1CCC1. The number of nitrogens with one attached hydrogen (secondary N) is 1. The van der Waals surface area contributed by atoms with Gasteiger partial charge in [0, 0.05) is 31.2 Å². The third kappa shape index (κ3) is 2.24. The third-order valence-electron chi connectivity index (χ3n) is 4.36. The van der Waals surface area contributed by atoms with Crippen LogP contribution in [0.4, 0.5) is 0 Å². The monoisotopic (exact) mass is 230 g/mol. The summed E-state index contributed by atoms with van der Waals surface area (Å²) in [5, 5.41) is 3.68. The molecule has 2 unspecified atom stereocenters. The van der Waals surface area contributed by atoms with Crippen LogP contribution in [0.25, 0.3) is 0 Å². The van der Waals surface area contributed by atoms with Crippen molar-refractivity contribution in [2.45, 2.75) is 44.3 Å². The fraction of sp³-hybridized carbons (Fsp3) is 0.600. The van der Waals surface area contributed by atoms with Crippen LogP contribution in [0.15, 0.2) is 30.3 Å². The zero-order valence-corrected chi connectivity index (χ0v) is 10.6. The van der Waals surface area contributed by atoms with Crippen LogP contribution in [0, 0.1) is 0 Å². The molecule has 2 fully saturated rings. The predicted molar refractivity (Wildman–Crippen MR) is 71.0 cm³/mol. The lowest BCUT2D eigenvalue weighted by molar-refractivity contribution is 0.0498. The molecule has 17 heavy (non-hydrogen) atoms. The molecule has 2 aliphatic rings. The number of hydrogen-bond acceptors (Lipinski definition) is 2. The maximum absolute atomic E-state index is 3.68. The van der Waals surface area contributed by atoms with Gasteiger partial charge in [-0.2, -0.15) is 0 Å². The minimum atomic E-state index is 0.521. The number of nitrogens with zero attached hydrogens (tertiary/aromatic N) is 1. The summed E-state index contributed by atoms with van der Waals surface area (Å²) >= 11 is 0. The molecule has 0 radical (unpaired) electrons. The van der Waals surface area contributed by atoms with Gasteiger partial charge in [-0.25, -0.2) is 0 Å². The predicted octanol–water partition coefficient (Wildman–Crippen LogP) is 2.57. The largest absolute Gasteiger partial charge is 0.307 e. The van der Waals surface area contributed by atoms with E-state index in [-0.39, 0.29) is 0 Å². The molecule has 1 N–H and O–H groups in total. The van der Waals surface area contributed by atoms with E-state index in [0.717, 1.165) is 12.6 Å². The van der Waals surface area contributed by atoms with Crippen LogP contribution in [-0.2, 0) is 0 Å². The molecule has 2 atom stereocenters. The van der Waals surface area contributed by atoms with Crippen molar-refractivity contribution in [2.24, 2.45) is 0 Å². The molecule has 1 saturated carbocycles. The highest BCUT2D eigenvalue weighted by molar-refractivity contribution is 5.20. The summed E-state index contributed by atoms with van der Waals surface area (Å²) in [5.74, 6) is 0. The zero-order chi connectivity index (χ0) is 11.7. The van der Waals surface area contributed by atoms with Gasteiger partial charge in [0.25, 0.3) is 0 Å². The highest BCUT2D eigenvalue weighted by Crippen LogP contribution is 2.30. The summed E-state index contributed by atoms with van der Waals surface area (Å²) in [6.07, 6.45) is 4.25. The molecule has 1 aromatic rings. The van der Waals surface area contributed by atoms with E-state index in [4.69, 9.17) is 0 Å². The van der Waals surface area contributed by atoms with Gasteiger partial charge in [-0.05, 0) is 25.3 Å². The summed E-state index contributed by atoms with van der Waals surface area (Å²) in [6, 6.07) is 12.9. The topological polar surface area (TPSA) is 15.3 Å². The molecule has 1 saturated heterocycles. The molecule has 3 rings (SSSR count). The zero-order valence-electron chi connectivity index (χ0n) is 10.6. The number of hydrogen-bond donors (Lipinski definition) is 1. The van der Waals surface area contributed by atoms with E-state index in [2.05, 4.69) is 47.5 Å². The number of benzene rings is 1. The van der Waals surface area contributed by atoms with Crippen molar-refractivity contribution in [3.63, 3.8) is 0 Å². The molecule has 0 bridgehead atoms. The molecule has 2 heteroatoms. The normalized spacial score (nSPS) is 31.1. The molecule has 92 valence electrons. The Bertz CT molecular complexity index is 356. The average molecular weight is 230 g/mol. The first-order valence-electron chi connectivity index (χ1n) is 6.88. The van der Waals surface area contributed by atoms with Crippen molar-refractivity contribution >= 4 is 0 Å². The van der Waals surface area contributed by atoms with Crippen LogP contribution in [-0.4, -0.2) is 30.1 Å². The summed E-state index contributed by atoms with van der Waals surface area (Å²) in [5.41, 5.74) is 1.43. The van der Waals surface area contributed by atoms with E-state index >= 15 is 0 Å². The van der Waals surface area contributed by atoms with Gasteiger partial charge in [0.1, 0.15) is 0 Å². The van der Waals surface area contributed by atoms with Crippen molar-refractivity contribution in [3.05, 3.63) is 35.9 Å². The van der Waals surface area contributed by atoms with Crippen LogP contribution < -0.4 is 5.32 Å². The van der Waals surface area contributed by atoms with Crippen LogP contribution >= 0.6 is 0 Å². The molecule has 0 aromatic heterocycles. The summed E-state index contributed by atoms with van der Waals surface area (Å²) in [4.78, 5) is 2.72. The van der Waals surface area contributed by atoms with Crippen molar-refractivity contribution in [2.75, 3.05) is 13.1 Å². The Kier molecular flexibility index (Phi) is 3.17. The van der Waals surface area contributed by atoms with E-state index in [1.807, 2.05) is 0 Å². The fourth-order valence-electron chi connectivity index (χ4n) is 3.02. The van der Waals surface area contributed by atoms with Crippen LogP contribution in [0.3, 0.4) is 0 Å². The molecule has 1 heterocycles. The number of piperazine rings is 1. The first-order chi connectivity index (χ1) is 8.34. The Hall–Kier alpha value is -0.860. The molecule has 0 amide bonds. The Balaban J connectivity index is 1.71. The molecule has 1 aromatic carbocycles. The van der Waals surface area contributed by atoms with Crippen molar-refractivity contribution in [1.82, 2.24) is 10.2 Å². The van der Waals surface area contributed by atoms with Crippen molar-refractivity contribution < 1.29 is 0 Å². The summed E-state index contributed by atoms with van der Waals surface area (Å²) < 4.78 is 0. The highest BCUT2D eigenvalue weighted by Gasteiger charge is 2.33. The maximum atomic E-state index is 3.68. The van der Waals surface area contributed by atoms with Gasteiger partial charge in [-0.3, -0.25) is 4.90 Å². The summed E-state index contributed by atoms with van der Waals surface area (Å²) in [7, 11) is 0. The van der Waals surface area contributed by atoms with Gasteiger partial charge in [0.05, 0.1) is 0 Å². The average Bonchev–Trinajstić information content (AvgIpc) is 2.31. The van der Waals surface area contributed by atoms with Gasteiger partial charge in [0.2, 0.25) is 0 Å².